The standard InChI is InChI=1S/C14H16BrFN2/c1-4-13-9(2)17-18(10(13)3)14-6-5-12(16)7-11(14)8-15/h5-7H,4,8H2,1-3H3. The molecular weight excluding hydrogens is 295 g/mol. The third kappa shape index (κ3) is 2.21. The summed E-state index contributed by atoms with van der Waals surface area (Å²) < 4.78 is 15.2. The van der Waals surface area contributed by atoms with Crippen LogP contribution in [0.15, 0.2) is 18.2 Å². The molecule has 0 aliphatic rings. The lowest BCUT2D eigenvalue weighted by atomic mass is 10.1. The third-order valence-electron chi connectivity index (χ3n) is 3.21. The van der Waals surface area contributed by atoms with Crippen molar-refractivity contribution in [1.82, 2.24) is 9.78 Å². The van der Waals surface area contributed by atoms with Crippen molar-refractivity contribution in [3.05, 3.63) is 46.5 Å². The van der Waals surface area contributed by atoms with Crippen LogP contribution in [0, 0.1) is 19.7 Å². The van der Waals surface area contributed by atoms with Crippen molar-refractivity contribution in [1.29, 1.82) is 0 Å². The Hall–Kier alpha value is -1.16. The molecule has 4 heteroatoms. The fourth-order valence-electron chi connectivity index (χ4n) is 2.29. The predicted octanol–water partition coefficient (Wildman–Crippen LogP) is 4.09. The highest BCUT2D eigenvalue weighted by atomic mass is 79.9. The minimum atomic E-state index is -0.217. The highest BCUT2D eigenvalue weighted by Crippen LogP contribution is 2.23. The molecule has 0 atom stereocenters. The molecule has 0 saturated heterocycles. The zero-order valence-electron chi connectivity index (χ0n) is 10.8. The Morgan fingerprint density at radius 3 is 2.61 bits per heavy atom. The van der Waals surface area contributed by atoms with E-state index in [1.807, 2.05) is 11.6 Å². The lowest BCUT2D eigenvalue weighted by Gasteiger charge is -2.10. The monoisotopic (exact) mass is 310 g/mol. The van der Waals surface area contributed by atoms with Crippen LogP contribution in [0.25, 0.3) is 5.69 Å². The number of benzene rings is 1. The van der Waals surface area contributed by atoms with Gasteiger partial charge in [-0.1, -0.05) is 22.9 Å². The number of rotatable bonds is 3. The molecule has 1 aromatic heterocycles. The number of nitrogens with zero attached hydrogens (tertiary/aromatic N) is 2. The molecule has 96 valence electrons. The molecule has 0 saturated carbocycles. The summed E-state index contributed by atoms with van der Waals surface area (Å²) in [6, 6.07) is 4.81. The molecule has 0 radical (unpaired) electrons. The van der Waals surface area contributed by atoms with Gasteiger partial charge in [0.15, 0.2) is 0 Å². The van der Waals surface area contributed by atoms with Crippen molar-refractivity contribution in [2.45, 2.75) is 32.5 Å². The van der Waals surface area contributed by atoms with E-state index in [9.17, 15) is 4.39 Å². The van der Waals surface area contributed by atoms with E-state index in [1.165, 1.54) is 11.6 Å². The van der Waals surface area contributed by atoms with Gasteiger partial charge in [-0.15, -0.1) is 0 Å². The fourth-order valence-corrected chi connectivity index (χ4v) is 2.74. The largest absolute Gasteiger partial charge is 0.237 e. The molecule has 2 rings (SSSR count). The van der Waals surface area contributed by atoms with Crippen molar-refractivity contribution >= 4 is 15.9 Å². The first-order valence-corrected chi connectivity index (χ1v) is 7.10. The quantitative estimate of drug-likeness (QED) is 0.781. The maximum absolute atomic E-state index is 13.3. The number of halogens is 2. The molecule has 1 heterocycles. The summed E-state index contributed by atoms with van der Waals surface area (Å²) in [4.78, 5) is 0. The Morgan fingerprint density at radius 2 is 2.06 bits per heavy atom. The molecule has 0 aliphatic heterocycles. The first kappa shape index (κ1) is 13.3. The van der Waals surface area contributed by atoms with Crippen LogP contribution < -0.4 is 0 Å². The van der Waals surface area contributed by atoms with Gasteiger partial charge in [-0.2, -0.15) is 5.10 Å². The van der Waals surface area contributed by atoms with Crippen LogP contribution in [0.2, 0.25) is 0 Å². The molecule has 2 aromatic rings. The Labute approximate surface area is 115 Å². The smallest absolute Gasteiger partial charge is 0.123 e. The Morgan fingerprint density at radius 1 is 1.33 bits per heavy atom. The normalized spacial score (nSPS) is 10.9. The number of aryl methyl sites for hydroxylation is 1. The predicted molar refractivity (Wildman–Crippen MR) is 75.0 cm³/mol. The molecule has 0 aliphatic carbocycles. The fraction of sp³-hybridized carbons (Fsp3) is 0.357. The average molecular weight is 311 g/mol. The van der Waals surface area contributed by atoms with Crippen LogP contribution in [0.3, 0.4) is 0 Å². The SMILES string of the molecule is CCc1c(C)nn(-c2ccc(F)cc2CBr)c1C. The van der Waals surface area contributed by atoms with E-state index in [0.717, 1.165) is 29.1 Å². The zero-order valence-corrected chi connectivity index (χ0v) is 12.4. The second-order valence-corrected chi connectivity index (χ2v) is 4.88. The van der Waals surface area contributed by atoms with Crippen molar-refractivity contribution in [3.8, 4) is 5.69 Å². The first-order chi connectivity index (χ1) is 8.58. The van der Waals surface area contributed by atoms with Gasteiger partial charge in [-0.3, -0.25) is 0 Å². The number of alkyl halides is 1. The summed E-state index contributed by atoms with van der Waals surface area (Å²) >= 11 is 3.40. The van der Waals surface area contributed by atoms with E-state index in [2.05, 4.69) is 34.9 Å². The maximum atomic E-state index is 13.3. The van der Waals surface area contributed by atoms with Crippen molar-refractivity contribution in [2.75, 3.05) is 0 Å². The van der Waals surface area contributed by atoms with E-state index in [0.29, 0.717) is 5.33 Å². The Balaban J connectivity index is 2.62. The summed E-state index contributed by atoms with van der Waals surface area (Å²) in [6.07, 6.45) is 0.961. The van der Waals surface area contributed by atoms with E-state index < -0.39 is 0 Å². The van der Waals surface area contributed by atoms with Gasteiger partial charge in [0.25, 0.3) is 0 Å². The van der Waals surface area contributed by atoms with Crippen LogP contribution in [0.4, 0.5) is 4.39 Å². The molecule has 0 N–H and O–H groups in total. The molecule has 2 nitrogen and oxygen atoms in total. The van der Waals surface area contributed by atoms with Gasteiger partial charge in [0.05, 0.1) is 11.4 Å². The number of aromatic nitrogens is 2. The Bertz CT molecular complexity index is 575. The van der Waals surface area contributed by atoms with Crippen LogP contribution in [0.5, 0.6) is 0 Å². The molecule has 18 heavy (non-hydrogen) atoms. The zero-order chi connectivity index (χ0) is 13.3. The molecule has 0 unspecified atom stereocenters. The molecule has 1 aromatic carbocycles. The Kier molecular flexibility index (Phi) is 3.85. The second kappa shape index (κ2) is 5.22. The number of hydrogen-bond donors (Lipinski definition) is 0. The summed E-state index contributed by atoms with van der Waals surface area (Å²) in [6.45, 7) is 6.19. The van der Waals surface area contributed by atoms with E-state index in [1.54, 1.807) is 12.1 Å². The maximum Gasteiger partial charge on any atom is 0.123 e. The highest BCUT2D eigenvalue weighted by Gasteiger charge is 2.13. The summed E-state index contributed by atoms with van der Waals surface area (Å²) in [7, 11) is 0. The topological polar surface area (TPSA) is 17.8 Å². The average Bonchev–Trinajstić information content (AvgIpc) is 2.64. The van der Waals surface area contributed by atoms with Gasteiger partial charge in [-0.25, -0.2) is 9.07 Å². The van der Waals surface area contributed by atoms with Crippen LogP contribution in [-0.2, 0) is 11.8 Å². The van der Waals surface area contributed by atoms with Crippen LogP contribution in [-0.4, -0.2) is 9.78 Å². The molecular formula is C14H16BrFN2. The third-order valence-corrected chi connectivity index (χ3v) is 3.81. The summed E-state index contributed by atoms with van der Waals surface area (Å²) in [5.74, 6) is -0.217. The van der Waals surface area contributed by atoms with E-state index in [-0.39, 0.29) is 5.82 Å². The minimum Gasteiger partial charge on any atom is -0.237 e. The van der Waals surface area contributed by atoms with Crippen LogP contribution >= 0.6 is 15.9 Å². The van der Waals surface area contributed by atoms with Gasteiger partial charge < -0.3 is 0 Å². The van der Waals surface area contributed by atoms with E-state index >= 15 is 0 Å². The first-order valence-electron chi connectivity index (χ1n) is 5.98. The van der Waals surface area contributed by atoms with Gasteiger partial charge in [0.1, 0.15) is 5.82 Å². The molecule has 0 fully saturated rings. The van der Waals surface area contributed by atoms with E-state index in [4.69, 9.17) is 0 Å². The van der Waals surface area contributed by atoms with Crippen molar-refractivity contribution < 1.29 is 4.39 Å². The highest BCUT2D eigenvalue weighted by molar-refractivity contribution is 9.08. The van der Waals surface area contributed by atoms with Crippen molar-refractivity contribution in [2.24, 2.45) is 0 Å². The van der Waals surface area contributed by atoms with Gasteiger partial charge >= 0.3 is 0 Å². The molecule has 0 bridgehead atoms. The van der Waals surface area contributed by atoms with Gasteiger partial charge in [0, 0.05) is 11.0 Å². The molecule has 0 spiro atoms. The van der Waals surface area contributed by atoms with Gasteiger partial charge in [0.2, 0.25) is 0 Å². The lowest BCUT2D eigenvalue weighted by molar-refractivity contribution is 0.625. The van der Waals surface area contributed by atoms with Gasteiger partial charge in [-0.05, 0) is 49.6 Å². The summed E-state index contributed by atoms with van der Waals surface area (Å²) in [5, 5.41) is 5.17. The molecule has 0 amide bonds. The van der Waals surface area contributed by atoms with Crippen LogP contribution in [0.1, 0.15) is 29.4 Å². The number of hydrogen-bond acceptors (Lipinski definition) is 1. The van der Waals surface area contributed by atoms with Crippen molar-refractivity contribution in [3.63, 3.8) is 0 Å². The minimum absolute atomic E-state index is 0.217. The second-order valence-electron chi connectivity index (χ2n) is 4.32. The summed E-state index contributed by atoms with van der Waals surface area (Å²) in [5.41, 5.74) is 5.28. The lowest BCUT2D eigenvalue weighted by Crippen LogP contribution is -2.03.